The third-order valence-electron chi connectivity index (χ3n) is 4.19. The summed E-state index contributed by atoms with van der Waals surface area (Å²) < 4.78 is 10.4. The van der Waals surface area contributed by atoms with Crippen LogP contribution in [0.4, 0.5) is 0 Å². The van der Waals surface area contributed by atoms with Gasteiger partial charge in [-0.05, 0) is 25.1 Å². The van der Waals surface area contributed by atoms with Gasteiger partial charge < -0.3 is 19.3 Å². The van der Waals surface area contributed by atoms with Gasteiger partial charge in [0.05, 0.1) is 18.9 Å². The first kappa shape index (κ1) is 16.8. The molecule has 1 N–H and O–H groups in total. The van der Waals surface area contributed by atoms with Gasteiger partial charge in [-0.1, -0.05) is 16.8 Å². The molecule has 2 aromatic rings. The zero-order chi connectivity index (χ0) is 17.3. The number of amides is 1. The van der Waals surface area contributed by atoms with Crippen molar-refractivity contribution < 1.29 is 19.2 Å². The number of ether oxygens (including phenoxy) is 1. The number of carbonyl (C=O) groups excluding carboxylic acids is 1. The summed E-state index contributed by atoms with van der Waals surface area (Å²) in [5.41, 5.74) is 1.25. The number of nitrogens with zero attached hydrogens (tertiary/aromatic N) is 2. The predicted molar refractivity (Wildman–Crippen MR) is 88.3 cm³/mol. The molecule has 3 rings (SSSR count). The van der Waals surface area contributed by atoms with E-state index in [1.807, 2.05) is 13.0 Å². The minimum absolute atomic E-state index is 0.0811. The second-order valence-corrected chi connectivity index (χ2v) is 6.49. The van der Waals surface area contributed by atoms with Crippen LogP contribution in [0.1, 0.15) is 21.8 Å². The van der Waals surface area contributed by atoms with Crippen LogP contribution in [0.15, 0.2) is 28.8 Å². The van der Waals surface area contributed by atoms with E-state index < -0.39 is 6.10 Å². The van der Waals surface area contributed by atoms with Gasteiger partial charge in [-0.25, -0.2) is 0 Å². The zero-order valence-electron chi connectivity index (χ0n) is 13.5. The number of aliphatic hydroxyl groups excluding tert-OH is 1. The average Bonchev–Trinajstić information content (AvgIpc) is 3.12. The molecule has 1 aromatic carbocycles. The summed E-state index contributed by atoms with van der Waals surface area (Å²) in [4.78, 5) is 14.3. The molecule has 1 saturated heterocycles. The van der Waals surface area contributed by atoms with Crippen LogP contribution in [0.2, 0.25) is 5.02 Å². The average molecular weight is 351 g/mol. The first-order chi connectivity index (χ1) is 11.5. The minimum atomic E-state index is -0.597. The van der Waals surface area contributed by atoms with Crippen LogP contribution in [0, 0.1) is 12.8 Å². The lowest BCUT2D eigenvalue weighted by Gasteiger charge is -2.16. The summed E-state index contributed by atoms with van der Waals surface area (Å²) in [7, 11) is 1.52. The largest absolute Gasteiger partial charge is 0.497 e. The lowest BCUT2D eigenvalue weighted by atomic mass is 10.0. The number of carbonyl (C=O) groups is 1. The third kappa shape index (κ3) is 3.55. The molecule has 2 heterocycles. The molecule has 0 saturated carbocycles. The van der Waals surface area contributed by atoms with Crippen molar-refractivity contribution in [2.75, 3.05) is 20.2 Å². The van der Waals surface area contributed by atoms with Gasteiger partial charge in [-0.15, -0.1) is 0 Å². The number of hydrogen-bond donors (Lipinski definition) is 1. The Labute approximate surface area is 144 Å². The van der Waals surface area contributed by atoms with Crippen LogP contribution in [-0.4, -0.2) is 47.4 Å². The molecular formula is C17H19ClN2O4. The molecular weight excluding hydrogens is 332 g/mol. The summed E-state index contributed by atoms with van der Waals surface area (Å²) >= 11 is 6.03. The van der Waals surface area contributed by atoms with E-state index in [2.05, 4.69) is 5.16 Å². The minimum Gasteiger partial charge on any atom is -0.497 e. The number of benzene rings is 1. The van der Waals surface area contributed by atoms with Gasteiger partial charge in [0, 0.05) is 42.1 Å². The highest BCUT2D eigenvalue weighted by molar-refractivity contribution is 6.31. The molecule has 1 aliphatic heterocycles. The van der Waals surface area contributed by atoms with Crippen LogP contribution in [0.5, 0.6) is 5.75 Å². The van der Waals surface area contributed by atoms with Crippen LogP contribution in [-0.2, 0) is 6.42 Å². The smallest absolute Gasteiger partial charge is 0.254 e. The van der Waals surface area contributed by atoms with Gasteiger partial charge in [-0.2, -0.15) is 0 Å². The first-order valence-electron chi connectivity index (χ1n) is 7.70. The number of hydrogen-bond acceptors (Lipinski definition) is 5. The number of aromatic nitrogens is 1. The molecule has 1 aliphatic rings. The van der Waals surface area contributed by atoms with Gasteiger partial charge in [0.15, 0.2) is 0 Å². The maximum absolute atomic E-state index is 12.7. The normalized spacial score (nSPS) is 20.4. The molecule has 6 nitrogen and oxygen atoms in total. The summed E-state index contributed by atoms with van der Waals surface area (Å²) in [5.74, 6) is 0.989. The topological polar surface area (TPSA) is 75.8 Å². The highest BCUT2D eigenvalue weighted by Crippen LogP contribution is 2.26. The van der Waals surface area contributed by atoms with E-state index in [-0.39, 0.29) is 18.4 Å². The van der Waals surface area contributed by atoms with Gasteiger partial charge in [-0.3, -0.25) is 4.79 Å². The highest BCUT2D eigenvalue weighted by Gasteiger charge is 2.35. The molecule has 1 aromatic heterocycles. The number of methoxy groups -OCH3 is 1. The van der Waals surface area contributed by atoms with E-state index in [1.54, 1.807) is 23.1 Å². The fourth-order valence-corrected chi connectivity index (χ4v) is 3.20. The van der Waals surface area contributed by atoms with Crippen molar-refractivity contribution in [2.24, 2.45) is 5.92 Å². The van der Waals surface area contributed by atoms with Crippen molar-refractivity contribution in [1.29, 1.82) is 0 Å². The Morgan fingerprint density at radius 2 is 2.21 bits per heavy atom. The lowest BCUT2D eigenvalue weighted by molar-refractivity contribution is 0.0764. The van der Waals surface area contributed by atoms with E-state index in [1.165, 1.54) is 7.11 Å². The third-order valence-corrected chi connectivity index (χ3v) is 4.41. The van der Waals surface area contributed by atoms with E-state index in [4.69, 9.17) is 20.9 Å². The predicted octanol–water partition coefficient (Wildman–Crippen LogP) is 2.32. The molecule has 7 heteroatoms. The molecule has 1 fully saturated rings. The Hall–Kier alpha value is -2.05. The second kappa shape index (κ2) is 6.83. The lowest BCUT2D eigenvalue weighted by Crippen LogP contribution is -2.29. The Kier molecular flexibility index (Phi) is 4.78. The Morgan fingerprint density at radius 1 is 1.42 bits per heavy atom. The molecule has 128 valence electrons. The van der Waals surface area contributed by atoms with Crippen LogP contribution < -0.4 is 4.74 Å². The molecule has 0 radical (unpaired) electrons. The molecule has 24 heavy (non-hydrogen) atoms. The van der Waals surface area contributed by atoms with E-state index in [0.29, 0.717) is 29.3 Å². The van der Waals surface area contributed by atoms with E-state index >= 15 is 0 Å². The van der Waals surface area contributed by atoms with Crippen molar-refractivity contribution in [2.45, 2.75) is 19.4 Å². The van der Waals surface area contributed by atoms with Crippen molar-refractivity contribution in [3.8, 4) is 5.75 Å². The van der Waals surface area contributed by atoms with Gasteiger partial charge in [0.2, 0.25) is 0 Å². The quantitative estimate of drug-likeness (QED) is 0.915. The number of rotatable bonds is 4. The number of aryl methyl sites for hydroxylation is 1. The summed E-state index contributed by atoms with van der Waals surface area (Å²) in [5, 5.41) is 14.6. The summed E-state index contributed by atoms with van der Waals surface area (Å²) in [6.07, 6.45) is -0.0505. The van der Waals surface area contributed by atoms with Crippen LogP contribution in [0.3, 0.4) is 0 Å². The van der Waals surface area contributed by atoms with Crippen LogP contribution >= 0.6 is 11.6 Å². The Morgan fingerprint density at radius 3 is 2.88 bits per heavy atom. The van der Waals surface area contributed by atoms with E-state index in [9.17, 15) is 9.90 Å². The molecule has 0 aliphatic carbocycles. The number of β-amino-alcohol motifs (C(OH)–C–C–N with tert-alkyl or cyclic N) is 1. The van der Waals surface area contributed by atoms with Crippen molar-refractivity contribution in [3.05, 3.63) is 46.3 Å². The second-order valence-electron chi connectivity index (χ2n) is 6.06. The summed E-state index contributed by atoms with van der Waals surface area (Å²) in [6, 6.07) is 6.74. The molecule has 0 bridgehead atoms. The van der Waals surface area contributed by atoms with Gasteiger partial charge in [0.25, 0.3) is 5.91 Å². The highest BCUT2D eigenvalue weighted by atomic mass is 35.5. The van der Waals surface area contributed by atoms with Crippen molar-refractivity contribution >= 4 is 17.5 Å². The molecule has 0 spiro atoms. The Bertz CT molecular complexity index is 746. The fraction of sp³-hybridized carbons (Fsp3) is 0.412. The van der Waals surface area contributed by atoms with Crippen LogP contribution in [0.25, 0.3) is 0 Å². The molecule has 1 amide bonds. The SMILES string of the molecule is COc1cc(Cl)cc(C(=O)N2CC(O)C(Cc3cc(C)no3)C2)c1. The maximum Gasteiger partial charge on any atom is 0.254 e. The monoisotopic (exact) mass is 350 g/mol. The van der Waals surface area contributed by atoms with Gasteiger partial charge >= 0.3 is 0 Å². The van der Waals surface area contributed by atoms with Crippen molar-refractivity contribution in [3.63, 3.8) is 0 Å². The number of aliphatic hydroxyl groups is 1. The van der Waals surface area contributed by atoms with Crippen molar-refractivity contribution in [1.82, 2.24) is 10.1 Å². The van der Waals surface area contributed by atoms with E-state index in [0.717, 1.165) is 11.5 Å². The standard InChI is InChI=1S/C17H19ClN2O4/c1-10-3-15(24-19-10)6-12-8-20(9-16(12)21)17(22)11-4-13(18)7-14(5-11)23-2/h3-5,7,12,16,21H,6,8-9H2,1-2H3. The fourth-order valence-electron chi connectivity index (χ4n) is 2.98. The first-order valence-corrected chi connectivity index (χ1v) is 8.08. The number of halogens is 1. The Balaban J connectivity index is 1.71. The molecule has 2 unspecified atom stereocenters. The molecule has 2 atom stereocenters. The zero-order valence-corrected chi connectivity index (χ0v) is 14.3. The summed E-state index contributed by atoms with van der Waals surface area (Å²) in [6.45, 7) is 2.58. The number of likely N-dealkylation sites (tertiary alicyclic amines) is 1. The van der Waals surface area contributed by atoms with Gasteiger partial charge in [0.1, 0.15) is 11.5 Å². The maximum atomic E-state index is 12.7.